The summed E-state index contributed by atoms with van der Waals surface area (Å²) in [5.74, 6) is 0.951. The van der Waals surface area contributed by atoms with Crippen molar-refractivity contribution in [2.75, 3.05) is 12.3 Å². The van der Waals surface area contributed by atoms with Gasteiger partial charge < -0.3 is 20.5 Å². The van der Waals surface area contributed by atoms with Gasteiger partial charge in [-0.15, -0.1) is 0 Å². The highest BCUT2D eigenvalue weighted by Gasteiger charge is 2.34. The molecule has 1 unspecified atom stereocenters. The van der Waals surface area contributed by atoms with Crippen molar-refractivity contribution >= 4 is 12.0 Å². The van der Waals surface area contributed by atoms with Gasteiger partial charge in [0, 0.05) is 12.1 Å². The Kier molecular flexibility index (Phi) is 5.50. The molecule has 3 N–H and O–H groups in total. The minimum Gasteiger partial charge on any atom is -0.508 e. The van der Waals surface area contributed by atoms with E-state index < -0.39 is 6.09 Å². The van der Waals surface area contributed by atoms with Gasteiger partial charge >= 0.3 is 6.09 Å². The van der Waals surface area contributed by atoms with Crippen molar-refractivity contribution in [3.8, 4) is 11.5 Å². The molecule has 0 bridgehead atoms. The molecule has 2 heterocycles. The van der Waals surface area contributed by atoms with E-state index in [9.17, 15) is 14.7 Å². The van der Waals surface area contributed by atoms with Crippen molar-refractivity contribution < 1.29 is 14.6 Å². The maximum Gasteiger partial charge on any atom is 0.415 e. The van der Waals surface area contributed by atoms with Gasteiger partial charge in [-0.3, -0.25) is 9.36 Å². The minimum absolute atomic E-state index is 0.0911. The molecule has 1 aliphatic heterocycles. The number of nitrogen functional groups attached to an aromatic ring is 1. The van der Waals surface area contributed by atoms with Gasteiger partial charge in [0.05, 0.1) is 18.3 Å². The number of aromatic nitrogens is 2. The van der Waals surface area contributed by atoms with E-state index in [0.717, 1.165) is 24.8 Å². The van der Waals surface area contributed by atoms with Crippen molar-refractivity contribution in [2.45, 2.75) is 38.3 Å². The van der Waals surface area contributed by atoms with Gasteiger partial charge in [-0.25, -0.2) is 9.78 Å². The average molecular weight is 447 g/mol. The number of rotatable bonds is 4. The van der Waals surface area contributed by atoms with Gasteiger partial charge in [0.25, 0.3) is 5.56 Å². The van der Waals surface area contributed by atoms with Gasteiger partial charge in [0.2, 0.25) is 5.95 Å². The Hall–Kier alpha value is -3.81. The summed E-state index contributed by atoms with van der Waals surface area (Å²) in [6.07, 6.45) is 3.11. The molecule has 0 saturated heterocycles. The Morgan fingerprint density at radius 2 is 1.85 bits per heavy atom. The number of phenols is 1. The Labute approximate surface area is 191 Å². The van der Waals surface area contributed by atoms with Crippen molar-refractivity contribution in [3.05, 3.63) is 81.8 Å². The zero-order valence-corrected chi connectivity index (χ0v) is 18.2. The molecule has 2 aromatic carbocycles. The first-order valence-electron chi connectivity index (χ1n) is 11.2. The predicted octanol–water partition coefficient (Wildman–Crippen LogP) is 3.48. The van der Waals surface area contributed by atoms with Crippen LogP contribution in [0.25, 0.3) is 0 Å². The summed E-state index contributed by atoms with van der Waals surface area (Å²) in [4.78, 5) is 32.3. The Bertz CT molecular complexity index is 1220. The fourth-order valence-electron chi connectivity index (χ4n) is 4.66. The maximum atomic E-state index is 13.6. The van der Waals surface area contributed by atoms with E-state index in [1.165, 1.54) is 29.2 Å². The van der Waals surface area contributed by atoms with E-state index >= 15 is 0 Å². The van der Waals surface area contributed by atoms with Crippen LogP contribution in [0, 0.1) is 5.92 Å². The first-order chi connectivity index (χ1) is 16.0. The molecule has 3 aromatic rings. The number of phenolic OH excluding ortho intramolecular Hbond substituents is 1. The zero-order valence-electron chi connectivity index (χ0n) is 18.2. The molecule has 1 aromatic heterocycles. The van der Waals surface area contributed by atoms with Crippen LogP contribution in [0.1, 0.15) is 42.1 Å². The molecule has 0 radical (unpaired) electrons. The molecule has 1 amide bonds. The van der Waals surface area contributed by atoms with Crippen molar-refractivity contribution in [1.82, 2.24) is 14.5 Å². The number of fused-ring (bicyclic) bond motifs is 1. The Balaban J connectivity index is 1.42. The molecule has 33 heavy (non-hydrogen) atoms. The smallest absolute Gasteiger partial charge is 0.415 e. The van der Waals surface area contributed by atoms with E-state index in [1.807, 2.05) is 30.3 Å². The minimum atomic E-state index is -0.535. The second-order valence-corrected chi connectivity index (χ2v) is 8.65. The topological polar surface area (TPSA) is 111 Å². The Morgan fingerprint density at radius 1 is 1.12 bits per heavy atom. The van der Waals surface area contributed by atoms with Crippen LogP contribution in [-0.2, 0) is 13.0 Å². The number of benzene rings is 2. The lowest BCUT2D eigenvalue weighted by Gasteiger charge is -2.36. The van der Waals surface area contributed by atoms with E-state index in [-0.39, 0.29) is 29.8 Å². The van der Waals surface area contributed by atoms with Crippen LogP contribution in [0.5, 0.6) is 11.5 Å². The number of carbonyl (C=O) groups is 1. The highest BCUT2D eigenvalue weighted by Crippen LogP contribution is 2.40. The molecule has 1 fully saturated rings. The van der Waals surface area contributed by atoms with Crippen molar-refractivity contribution in [1.29, 1.82) is 0 Å². The largest absolute Gasteiger partial charge is 0.508 e. The lowest BCUT2D eigenvalue weighted by Crippen LogP contribution is -2.44. The molecule has 1 atom stereocenters. The first-order valence-corrected chi connectivity index (χ1v) is 11.2. The molecule has 0 spiro atoms. The van der Waals surface area contributed by atoms with Crippen molar-refractivity contribution in [3.63, 3.8) is 0 Å². The first kappa shape index (κ1) is 21.1. The lowest BCUT2D eigenvalue weighted by molar-refractivity contribution is 0.145. The number of nitrogens with zero attached hydrogens (tertiary/aromatic N) is 3. The summed E-state index contributed by atoms with van der Waals surface area (Å²) in [6, 6.07) is 15.8. The summed E-state index contributed by atoms with van der Waals surface area (Å²) >= 11 is 0. The number of hydrogen-bond donors (Lipinski definition) is 2. The van der Waals surface area contributed by atoms with Crippen LogP contribution in [-0.4, -0.2) is 32.2 Å². The fraction of sp³-hybridized carbons (Fsp3) is 0.320. The quantitative estimate of drug-likeness (QED) is 0.635. The fourth-order valence-corrected chi connectivity index (χ4v) is 4.66. The van der Waals surface area contributed by atoms with Gasteiger partial charge in [0.15, 0.2) is 0 Å². The van der Waals surface area contributed by atoms with E-state index in [2.05, 4.69) is 4.98 Å². The van der Waals surface area contributed by atoms with Crippen LogP contribution in [0.15, 0.2) is 59.4 Å². The number of carbonyl (C=O) groups excluding carboxylic acids is 1. The molecule has 5 rings (SSSR count). The normalized spacial score (nSPS) is 16.5. The third kappa shape index (κ3) is 4.04. The molecule has 2 aliphatic rings. The second-order valence-electron chi connectivity index (χ2n) is 8.65. The molecule has 8 nitrogen and oxygen atoms in total. The van der Waals surface area contributed by atoms with Crippen LogP contribution in [0.4, 0.5) is 10.7 Å². The highest BCUT2D eigenvalue weighted by atomic mass is 16.6. The van der Waals surface area contributed by atoms with Gasteiger partial charge in [0.1, 0.15) is 11.5 Å². The third-order valence-corrected chi connectivity index (χ3v) is 6.61. The third-order valence-electron chi connectivity index (χ3n) is 6.61. The summed E-state index contributed by atoms with van der Waals surface area (Å²) in [7, 11) is 0. The number of amides is 1. The molecular weight excluding hydrogens is 420 g/mol. The molecule has 1 saturated carbocycles. The summed E-state index contributed by atoms with van der Waals surface area (Å²) in [5, 5.41) is 9.39. The number of anilines is 1. The van der Waals surface area contributed by atoms with E-state index in [4.69, 9.17) is 10.5 Å². The zero-order chi connectivity index (χ0) is 22.9. The number of aromatic hydroxyl groups is 1. The number of ether oxygens (including phenoxy) is 1. The van der Waals surface area contributed by atoms with Gasteiger partial charge in [-0.2, -0.15) is 0 Å². The Morgan fingerprint density at radius 3 is 2.52 bits per heavy atom. The molecular formula is C25H26N4O4. The average Bonchev–Trinajstić information content (AvgIpc) is 2.79. The molecule has 8 heteroatoms. The predicted molar refractivity (Wildman–Crippen MR) is 123 cm³/mol. The summed E-state index contributed by atoms with van der Waals surface area (Å²) < 4.78 is 7.05. The molecule has 170 valence electrons. The molecule has 1 aliphatic carbocycles. The standard InChI is InChI=1S/C25H26N4O4/c26-24-27-21-15-28(25(32)33-19-11-9-18(30)10-12-19)14-13-20(21)23(31)29(24)22(17-7-4-8-17)16-5-2-1-3-6-16/h1-3,5-6,9-12,17,22,30H,4,7-8,13-15H2,(H2,26,27). The number of nitrogens with two attached hydrogens (primary N) is 1. The van der Waals surface area contributed by atoms with Crippen LogP contribution < -0.4 is 16.0 Å². The van der Waals surface area contributed by atoms with Crippen LogP contribution in [0.3, 0.4) is 0 Å². The number of hydrogen-bond acceptors (Lipinski definition) is 6. The summed E-state index contributed by atoms with van der Waals surface area (Å²) in [5.41, 5.74) is 8.42. The maximum absolute atomic E-state index is 13.6. The van der Waals surface area contributed by atoms with Crippen molar-refractivity contribution in [2.24, 2.45) is 5.92 Å². The monoisotopic (exact) mass is 446 g/mol. The van der Waals surface area contributed by atoms with Crippen LogP contribution in [0.2, 0.25) is 0 Å². The lowest BCUT2D eigenvalue weighted by atomic mass is 9.77. The highest BCUT2D eigenvalue weighted by molar-refractivity contribution is 5.71. The van der Waals surface area contributed by atoms with E-state index in [0.29, 0.717) is 35.9 Å². The van der Waals surface area contributed by atoms with E-state index in [1.54, 1.807) is 4.57 Å². The van der Waals surface area contributed by atoms with Crippen LogP contribution >= 0.6 is 0 Å². The second kappa shape index (κ2) is 8.61. The van der Waals surface area contributed by atoms with Gasteiger partial charge in [-0.1, -0.05) is 36.8 Å². The SMILES string of the molecule is Nc1nc2c(c(=O)n1C(c1ccccc1)C1CCC1)CCN(C(=O)Oc1ccc(O)cc1)C2. The van der Waals surface area contributed by atoms with Gasteiger partial charge in [-0.05, 0) is 55.0 Å². The summed E-state index contributed by atoms with van der Waals surface area (Å²) in [6.45, 7) is 0.510.